The van der Waals surface area contributed by atoms with Gasteiger partial charge in [-0.15, -0.1) is 0 Å². The summed E-state index contributed by atoms with van der Waals surface area (Å²) in [5.74, 6) is 0.895. The van der Waals surface area contributed by atoms with E-state index in [2.05, 4.69) is 57.5 Å². The van der Waals surface area contributed by atoms with E-state index in [4.69, 9.17) is 0 Å². The highest BCUT2D eigenvalue weighted by molar-refractivity contribution is 7.80. The van der Waals surface area contributed by atoms with E-state index in [1.165, 1.54) is 25.9 Å². The summed E-state index contributed by atoms with van der Waals surface area (Å²) in [5, 5.41) is 3.71. The summed E-state index contributed by atoms with van der Waals surface area (Å²) in [6.45, 7) is 13.8. The lowest BCUT2D eigenvalue weighted by Crippen LogP contribution is -2.54. The minimum atomic E-state index is 0.164. The molecular formula is C13H28N2S. The Balaban J connectivity index is 2.38. The van der Waals surface area contributed by atoms with Gasteiger partial charge in [0.25, 0.3) is 0 Å². The van der Waals surface area contributed by atoms with Crippen LogP contribution in [0.2, 0.25) is 0 Å². The molecule has 0 aliphatic carbocycles. The molecule has 0 spiro atoms. The van der Waals surface area contributed by atoms with Crippen LogP contribution in [0.5, 0.6) is 0 Å². The number of piperidine rings is 1. The van der Waals surface area contributed by atoms with E-state index < -0.39 is 0 Å². The first-order chi connectivity index (χ1) is 7.24. The van der Waals surface area contributed by atoms with Crippen LogP contribution in [0, 0.1) is 0 Å². The molecular weight excluding hydrogens is 216 g/mol. The van der Waals surface area contributed by atoms with Crippen molar-refractivity contribution in [2.45, 2.75) is 64.6 Å². The molecule has 2 nitrogen and oxygen atoms in total. The van der Waals surface area contributed by atoms with Crippen molar-refractivity contribution >= 4 is 12.6 Å². The molecule has 1 N–H and O–H groups in total. The third-order valence-corrected chi connectivity index (χ3v) is 4.22. The second-order valence-corrected chi connectivity index (χ2v) is 6.93. The van der Waals surface area contributed by atoms with Gasteiger partial charge in [0.2, 0.25) is 0 Å². The Morgan fingerprint density at radius 2 is 1.62 bits per heavy atom. The molecule has 1 rings (SSSR count). The van der Waals surface area contributed by atoms with E-state index in [1.807, 2.05) is 0 Å². The van der Waals surface area contributed by atoms with Crippen LogP contribution in [-0.4, -0.2) is 40.9 Å². The van der Waals surface area contributed by atoms with E-state index >= 15 is 0 Å². The monoisotopic (exact) mass is 244 g/mol. The summed E-state index contributed by atoms with van der Waals surface area (Å²) in [5.41, 5.74) is 0.488. The van der Waals surface area contributed by atoms with E-state index in [9.17, 15) is 0 Å². The summed E-state index contributed by atoms with van der Waals surface area (Å²) in [4.78, 5) is 2.58. The number of hydrogen-bond donors (Lipinski definition) is 2. The van der Waals surface area contributed by atoms with Gasteiger partial charge in [0.15, 0.2) is 0 Å². The van der Waals surface area contributed by atoms with Crippen LogP contribution in [0.4, 0.5) is 0 Å². The maximum absolute atomic E-state index is 4.39. The fraction of sp³-hybridized carbons (Fsp3) is 1.00. The van der Waals surface area contributed by atoms with Crippen LogP contribution in [0.3, 0.4) is 0 Å². The van der Waals surface area contributed by atoms with Crippen molar-refractivity contribution in [2.75, 3.05) is 18.8 Å². The fourth-order valence-electron chi connectivity index (χ4n) is 2.29. The van der Waals surface area contributed by atoms with Gasteiger partial charge >= 0.3 is 0 Å². The van der Waals surface area contributed by atoms with Crippen LogP contribution < -0.4 is 5.32 Å². The first-order valence-corrected chi connectivity index (χ1v) is 7.01. The lowest BCUT2D eigenvalue weighted by molar-refractivity contribution is 0.0910. The molecule has 0 bridgehead atoms. The Kier molecular flexibility index (Phi) is 4.73. The average Bonchev–Trinajstić information content (AvgIpc) is 2.16. The maximum Gasteiger partial charge on any atom is 0.0215 e. The summed E-state index contributed by atoms with van der Waals surface area (Å²) >= 11 is 4.39. The molecule has 1 aliphatic rings. The van der Waals surface area contributed by atoms with Crippen molar-refractivity contribution in [3.8, 4) is 0 Å². The first kappa shape index (κ1) is 14.3. The second kappa shape index (κ2) is 5.28. The van der Waals surface area contributed by atoms with E-state index in [1.54, 1.807) is 0 Å². The Labute approximate surface area is 107 Å². The van der Waals surface area contributed by atoms with Crippen LogP contribution >= 0.6 is 12.6 Å². The molecule has 16 heavy (non-hydrogen) atoms. The van der Waals surface area contributed by atoms with Gasteiger partial charge < -0.3 is 5.32 Å². The predicted octanol–water partition coefficient (Wildman–Crippen LogP) is 2.55. The van der Waals surface area contributed by atoms with Gasteiger partial charge in [0.05, 0.1) is 0 Å². The summed E-state index contributed by atoms with van der Waals surface area (Å²) in [6, 6.07) is 0.667. The number of nitrogens with one attached hydrogen (secondary N) is 1. The van der Waals surface area contributed by atoms with Gasteiger partial charge in [0, 0.05) is 36.0 Å². The molecule has 0 unspecified atom stereocenters. The predicted molar refractivity (Wildman–Crippen MR) is 75.4 cm³/mol. The molecule has 96 valence electrons. The summed E-state index contributed by atoms with van der Waals surface area (Å²) in [6.07, 6.45) is 2.52. The second-order valence-electron chi connectivity index (χ2n) is 6.62. The van der Waals surface area contributed by atoms with Gasteiger partial charge in [-0.25, -0.2) is 0 Å². The highest BCUT2D eigenvalue weighted by atomic mass is 32.1. The van der Waals surface area contributed by atoms with Gasteiger partial charge in [-0.05, 0) is 47.5 Å². The zero-order chi connectivity index (χ0) is 12.4. The molecule has 0 saturated carbocycles. The maximum atomic E-state index is 4.39. The van der Waals surface area contributed by atoms with E-state index in [0.29, 0.717) is 11.6 Å². The van der Waals surface area contributed by atoms with Crippen molar-refractivity contribution in [2.24, 2.45) is 0 Å². The molecule has 0 aromatic heterocycles. The van der Waals surface area contributed by atoms with Gasteiger partial charge in [-0.3, -0.25) is 4.90 Å². The molecule has 0 amide bonds. The average molecular weight is 244 g/mol. The lowest BCUT2D eigenvalue weighted by Gasteiger charge is -2.42. The Morgan fingerprint density at radius 3 is 2.00 bits per heavy atom. The van der Waals surface area contributed by atoms with Crippen LogP contribution in [0.15, 0.2) is 0 Å². The van der Waals surface area contributed by atoms with Crippen molar-refractivity contribution in [3.05, 3.63) is 0 Å². The smallest absolute Gasteiger partial charge is 0.0215 e. The number of hydrogen-bond acceptors (Lipinski definition) is 3. The number of nitrogens with zero attached hydrogens (tertiary/aromatic N) is 1. The molecule has 1 aliphatic heterocycles. The van der Waals surface area contributed by atoms with Crippen molar-refractivity contribution < 1.29 is 0 Å². The minimum Gasteiger partial charge on any atom is -0.308 e. The van der Waals surface area contributed by atoms with Crippen LogP contribution in [-0.2, 0) is 0 Å². The topological polar surface area (TPSA) is 15.3 Å². The van der Waals surface area contributed by atoms with Crippen LogP contribution in [0.25, 0.3) is 0 Å². The molecule has 0 atom stereocenters. The van der Waals surface area contributed by atoms with Gasteiger partial charge in [-0.1, -0.05) is 0 Å². The Hall–Kier alpha value is 0.270. The lowest BCUT2D eigenvalue weighted by atomic mass is 9.96. The third-order valence-electron chi connectivity index (χ3n) is 3.43. The standard InChI is InChI=1S/C13H28N2S/c1-12(2,3)15-8-6-11(7-9-15)14-13(4,5)10-16/h11,14,16H,6-10H2,1-5H3. The number of rotatable bonds is 3. The summed E-state index contributed by atoms with van der Waals surface area (Å²) < 4.78 is 0. The van der Waals surface area contributed by atoms with Crippen molar-refractivity contribution in [3.63, 3.8) is 0 Å². The van der Waals surface area contributed by atoms with E-state index in [-0.39, 0.29) is 5.54 Å². The van der Waals surface area contributed by atoms with Crippen molar-refractivity contribution in [1.82, 2.24) is 10.2 Å². The fourth-order valence-corrected chi connectivity index (χ4v) is 2.38. The SMILES string of the molecule is CC(C)(CS)NC1CCN(C(C)(C)C)CC1. The molecule has 0 aromatic rings. The van der Waals surface area contributed by atoms with Crippen molar-refractivity contribution in [1.29, 1.82) is 0 Å². The Bertz CT molecular complexity index is 212. The third kappa shape index (κ3) is 4.27. The minimum absolute atomic E-state index is 0.164. The molecule has 0 aromatic carbocycles. The molecule has 1 saturated heterocycles. The highest BCUT2D eigenvalue weighted by Crippen LogP contribution is 2.21. The van der Waals surface area contributed by atoms with E-state index in [0.717, 1.165) is 5.75 Å². The van der Waals surface area contributed by atoms with Gasteiger partial charge in [-0.2, -0.15) is 12.6 Å². The normalized spacial score (nSPS) is 21.4. The molecule has 3 heteroatoms. The summed E-state index contributed by atoms with van der Waals surface area (Å²) in [7, 11) is 0. The zero-order valence-electron chi connectivity index (χ0n) is 11.5. The quantitative estimate of drug-likeness (QED) is 0.742. The van der Waals surface area contributed by atoms with Crippen LogP contribution in [0.1, 0.15) is 47.5 Å². The first-order valence-electron chi connectivity index (χ1n) is 6.38. The number of thiol groups is 1. The van der Waals surface area contributed by atoms with Gasteiger partial charge in [0.1, 0.15) is 0 Å². The zero-order valence-corrected chi connectivity index (χ0v) is 12.4. The Morgan fingerprint density at radius 1 is 1.12 bits per heavy atom. The molecule has 1 heterocycles. The number of likely N-dealkylation sites (tertiary alicyclic amines) is 1. The molecule has 0 radical (unpaired) electrons. The molecule has 1 fully saturated rings. The largest absolute Gasteiger partial charge is 0.308 e. The highest BCUT2D eigenvalue weighted by Gasteiger charge is 2.29.